The van der Waals surface area contributed by atoms with Gasteiger partial charge in [0, 0.05) is 21.8 Å². The molecule has 0 aliphatic rings. The fraction of sp³-hybridized carbons (Fsp3) is 0.125. The summed E-state index contributed by atoms with van der Waals surface area (Å²) in [6.07, 6.45) is 3.27. The van der Waals surface area contributed by atoms with Gasteiger partial charge in [-0.3, -0.25) is 9.78 Å². The average Bonchev–Trinajstić information content (AvgIpc) is 3.18. The van der Waals surface area contributed by atoms with Gasteiger partial charge < -0.3 is 9.72 Å². The minimum absolute atomic E-state index is 0.357. The highest BCUT2D eigenvalue weighted by molar-refractivity contribution is 7.22. The molecule has 0 spiro atoms. The summed E-state index contributed by atoms with van der Waals surface area (Å²) in [6, 6.07) is 13.4. The molecule has 0 saturated carbocycles. The lowest BCUT2D eigenvalue weighted by atomic mass is 10.0. The first-order valence-electron chi connectivity index (χ1n) is 9.75. The second-order valence-electron chi connectivity index (χ2n) is 7.44. The molecule has 31 heavy (non-hydrogen) atoms. The van der Waals surface area contributed by atoms with Crippen molar-refractivity contribution < 1.29 is 4.74 Å². The first kappa shape index (κ1) is 19.3. The van der Waals surface area contributed by atoms with Crippen molar-refractivity contribution in [3.05, 3.63) is 86.8 Å². The quantitative estimate of drug-likeness (QED) is 0.455. The van der Waals surface area contributed by atoms with Crippen molar-refractivity contribution in [2.45, 2.75) is 13.8 Å². The first-order chi connectivity index (χ1) is 15.0. The molecule has 154 valence electrons. The molecule has 6 nitrogen and oxygen atoms in total. The molecular weight excluding hydrogens is 410 g/mol. The van der Waals surface area contributed by atoms with Crippen LogP contribution in [0.5, 0.6) is 5.75 Å². The van der Waals surface area contributed by atoms with Gasteiger partial charge in [0.15, 0.2) is 0 Å². The predicted molar refractivity (Wildman–Crippen MR) is 125 cm³/mol. The molecule has 0 atom stereocenters. The number of aromatic amines is 1. The molecule has 0 radical (unpaired) electrons. The lowest BCUT2D eigenvalue weighted by Crippen LogP contribution is -2.33. The number of ether oxygens (including phenoxy) is 1. The lowest BCUT2D eigenvalue weighted by molar-refractivity contribution is 0.412. The molecule has 0 aliphatic carbocycles. The van der Waals surface area contributed by atoms with Crippen LogP contribution in [-0.4, -0.2) is 21.6 Å². The summed E-state index contributed by atoms with van der Waals surface area (Å²) in [7, 11) is 1.64. The van der Waals surface area contributed by atoms with Gasteiger partial charge in [-0.25, -0.2) is 9.36 Å². The van der Waals surface area contributed by atoms with Crippen LogP contribution < -0.4 is 16.0 Å². The van der Waals surface area contributed by atoms with Gasteiger partial charge in [-0.15, -0.1) is 11.3 Å². The summed E-state index contributed by atoms with van der Waals surface area (Å²) in [5.74, 6) is 0.783. The van der Waals surface area contributed by atoms with Crippen LogP contribution in [0.2, 0.25) is 0 Å². The van der Waals surface area contributed by atoms with E-state index in [1.54, 1.807) is 19.5 Å². The van der Waals surface area contributed by atoms with E-state index in [9.17, 15) is 9.59 Å². The van der Waals surface area contributed by atoms with Crippen LogP contribution in [0.3, 0.4) is 0 Å². The van der Waals surface area contributed by atoms with Crippen molar-refractivity contribution >= 4 is 32.3 Å². The molecule has 7 heteroatoms. The number of nitrogens with one attached hydrogen (secondary N) is 1. The molecule has 0 aliphatic heterocycles. The number of methoxy groups -OCH3 is 1. The molecule has 0 fully saturated rings. The Kier molecular flexibility index (Phi) is 4.48. The number of aryl methyl sites for hydroxylation is 2. The number of rotatable bonds is 3. The van der Waals surface area contributed by atoms with Gasteiger partial charge in [0.05, 0.1) is 24.5 Å². The highest BCUT2D eigenvalue weighted by Crippen LogP contribution is 2.36. The van der Waals surface area contributed by atoms with Crippen molar-refractivity contribution in [1.29, 1.82) is 0 Å². The third kappa shape index (κ3) is 3.05. The van der Waals surface area contributed by atoms with Gasteiger partial charge in [-0.1, -0.05) is 30.3 Å². The van der Waals surface area contributed by atoms with Gasteiger partial charge in [0.25, 0.3) is 5.56 Å². The molecule has 0 saturated heterocycles. The molecular formula is C24H19N3O3S. The largest absolute Gasteiger partial charge is 0.496 e. The highest BCUT2D eigenvalue weighted by atomic mass is 32.1. The number of pyridine rings is 1. The third-order valence-corrected chi connectivity index (χ3v) is 6.63. The van der Waals surface area contributed by atoms with Gasteiger partial charge in [0.2, 0.25) is 0 Å². The number of hydrogen-bond donors (Lipinski definition) is 1. The Bertz CT molecular complexity index is 1590. The van der Waals surface area contributed by atoms with E-state index < -0.39 is 5.69 Å². The predicted octanol–water partition coefficient (Wildman–Crippen LogP) is 4.58. The third-order valence-electron chi connectivity index (χ3n) is 5.47. The summed E-state index contributed by atoms with van der Waals surface area (Å²) in [4.78, 5) is 34.3. The maximum atomic E-state index is 13.4. The van der Waals surface area contributed by atoms with Gasteiger partial charge in [-0.05, 0) is 42.7 Å². The zero-order chi connectivity index (χ0) is 21.7. The Morgan fingerprint density at radius 2 is 1.84 bits per heavy atom. The monoisotopic (exact) mass is 429 g/mol. The number of hydrogen-bond acceptors (Lipinski definition) is 5. The summed E-state index contributed by atoms with van der Waals surface area (Å²) in [5.41, 5.74) is 3.24. The van der Waals surface area contributed by atoms with Gasteiger partial charge >= 0.3 is 5.69 Å². The Morgan fingerprint density at radius 1 is 1.03 bits per heavy atom. The molecule has 0 amide bonds. The van der Waals surface area contributed by atoms with E-state index in [0.717, 1.165) is 38.1 Å². The van der Waals surface area contributed by atoms with Crippen molar-refractivity contribution in [3.8, 4) is 21.9 Å². The number of thiophene rings is 1. The smallest absolute Gasteiger partial charge is 0.333 e. The van der Waals surface area contributed by atoms with Crippen LogP contribution in [0.25, 0.3) is 37.1 Å². The Hall–Kier alpha value is -3.71. The van der Waals surface area contributed by atoms with E-state index in [-0.39, 0.29) is 5.56 Å². The normalized spacial score (nSPS) is 11.3. The molecule has 5 rings (SSSR count). The number of H-pyrrole nitrogens is 1. The van der Waals surface area contributed by atoms with E-state index in [2.05, 4.69) is 16.0 Å². The highest BCUT2D eigenvalue weighted by Gasteiger charge is 2.17. The van der Waals surface area contributed by atoms with Crippen LogP contribution in [0, 0.1) is 13.8 Å². The topological polar surface area (TPSA) is 77.0 Å². The van der Waals surface area contributed by atoms with E-state index >= 15 is 0 Å². The maximum Gasteiger partial charge on any atom is 0.333 e. The van der Waals surface area contributed by atoms with Crippen molar-refractivity contribution in [2.75, 3.05) is 7.11 Å². The summed E-state index contributed by atoms with van der Waals surface area (Å²) in [5, 5.41) is 1.65. The molecule has 0 unspecified atom stereocenters. The Morgan fingerprint density at radius 3 is 2.65 bits per heavy atom. The van der Waals surface area contributed by atoms with Crippen LogP contribution in [0.15, 0.2) is 64.4 Å². The molecule has 3 aromatic heterocycles. The van der Waals surface area contributed by atoms with Crippen LogP contribution in [0.1, 0.15) is 11.1 Å². The summed E-state index contributed by atoms with van der Waals surface area (Å²) < 4.78 is 7.13. The molecule has 2 aromatic carbocycles. The van der Waals surface area contributed by atoms with Crippen molar-refractivity contribution in [2.24, 2.45) is 0 Å². The molecule has 0 bridgehead atoms. The SMILES string of the molecule is COc1cc(-c2cc3[nH]c(=O)n(-c4cncc5ccccc45)c(=O)c3s2)c(C)cc1C. The second-order valence-corrected chi connectivity index (χ2v) is 8.49. The van der Waals surface area contributed by atoms with Crippen LogP contribution in [-0.2, 0) is 0 Å². The number of aromatic nitrogens is 3. The standard InChI is InChI=1S/C24H19N3O3S/c1-13-8-14(2)20(30-3)9-17(13)21-10-18-22(31-21)23(28)27(24(29)26-18)19-12-25-11-15-6-4-5-7-16(15)19/h4-12H,1-3H3,(H,26,29). The zero-order valence-electron chi connectivity index (χ0n) is 17.2. The fourth-order valence-electron chi connectivity index (χ4n) is 3.96. The van der Waals surface area contributed by atoms with Crippen molar-refractivity contribution in [1.82, 2.24) is 14.5 Å². The van der Waals surface area contributed by atoms with E-state index in [1.165, 1.54) is 15.9 Å². The average molecular weight is 430 g/mol. The number of benzene rings is 2. The Balaban J connectivity index is 1.77. The second kappa shape index (κ2) is 7.21. The summed E-state index contributed by atoms with van der Waals surface area (Å²) in [6.45, 7) is 4.02. The van der Waals surface area contributed by atoms with E-state index in [4.69, 9.17) is 4.74 Å². The first-order valence-corrected chi connectivity index (χ1v) is 10.6. The zero-order valence-corrected chi connectivity index (χ0v) is 18.0. The van der Waals surface area contributed by atoms with Crippen molar-refractivity contribution in [3.63, 3.8) is 0 Å². The molecule has 5 aromatic rings. The lowest BCUT2D eigenvalue weighted by Gasteiger charge is -2.09. The van der Waals surface area contributed by atoms with Crippen LogP contribution >= 0.6 is 11.3 Å². The van der Waals surface area contributed by atoms with Crippen LogP contribution in [0.4, 0.5) is 0 Å². The number of fused-ring (bicyclic) bond motifs is 2. The maximum absolute atomic E-state index is 13.4. The summed E-state index contributed by atoms with van der Waals surface area (Å²) >= 11 is 1.36. The Labute approximate surface area is 181 Å². The van der Waals surface area contributed by atoms with E-state index in [0.29, 0.717) is 15.9 Å². The van der Waals surface area contributed by atoms with E-state index in [1.807, 2.05) is 50.2 Å². The fourth-order valence-corrected chi connectivity index (χ4v) is 5.08. The minimum Gasteiger partial charge on any atom is -0.496 e. The number of nitrogens with zero attached hydrogens (tertiary/aromatic N) is 2. The molecule has 3 heterocycles. The van der Waals surface area contributed by atoms with Gasteiger partial charge in [0.1, 0.15) is 10.4 Å². The minimum atomic E-state index is -0.488. The molecule has 1 N–H and O–H groups in total. The van der Waals surface area contributed by atoms with Gasteiger partial charge in [-0.2, -0.15) is 0 Å².